The van der Waals surface area contributed by atoms with Gasteiger partial charge in [-0.05, 0) is 25.2 Å². The number of carbonyl (C=O) groups excluding carboxylic acids is 1. The number of hydrogen-bond acceptors (Lipinski definition) is 3. The van der Waals surface area contributed by atoms with Crippen LogP contribution in [0.1, 0.15) is 58.8 Å². The summed E-state index contributed by atoms with van der Waals surface area (Å²) in [7, 11) is 0. The van der Waals surface area contributed by atoms with Gasteiger partial charge in [0.2, 0.25) is 5.91 Å². The number of hydrogen-bond donors (Lipinski definition) is 2. The Morgan fingerprint density at radius 3 is 2.81 bits per heavy atom. The number of amides is 1. The van der Waals surface area contributed by atoms with E-state index in [0.29, 0.717) is 11.7 Å². The molecule has 0 aliphatic heterocycles. The molecule has 1 amide bonds. The Balaban J connectivity index is 1.82. The minimum Gasteiger partial charge on any atom is -0.389 e. The fourth-order valence-electron chi connectivity index (χ4n) is 2.82. The third-order valence-electron chi connectivity index (χ3n) is 4.12. The van der Waals surface area contributed by atoms with Crippen molar-refractivity contribution in [2.24, 2.45) is 5.92 Å². The molecular weight excluding hydrogens is 266 g/mol. The average molecular weight is 293 g/mol. The van der Waals surface area contributed by atoms with Crippen LogP contribution in [-0.2, 0) is 11.3 Å². The molecule has 1 fully saturated rings. The zero-order valence-corrected chi connectivity index (χ0v) is 13.1. The fraction of sp³-hybridized carbons (Fsp3) is 0.750. The van der Waals surface area contributed by atoms with Gasteiger partial charge in [0.25, 0.3) is 0 Å². The minimum absolute atomic E-state index is 0.145. The van der Waals surface area contributed by atoms with Gasteiger partial charge in [-0.25, -0.2) is 0 Å². The predicted octanol–water partition coefficient (Wildman–Crippen LogP) is 2.95. The van der Waals surface area contributed by atoms with E-state index in [2.05, 4.69) is 24.3 Å². The van der Waals surface area contributed by atoms with Gasteiger partial charge in [-0.1, -0.05) is 33.1 Å². The molecule has 21 heavy (non-hydrogen) atoms. The molecule has 1 aliphatic rings. The van der Waals surface area contributed by atoms with Gasteiger partial charge in [-0.2, -0.15) is 5.10 Å². The Kier molecular flexibility index (Phi) is 5.39. The van der Waals surface area contributed by atoms with Gasteiger partial charge in [0.05, 0.1) is 12.0 Å². The third-order valence-corrected chi connectivity index (χ3v) is 4.12. The number of carbonyl (C=O) groups is 1. The van der Waals surface area contributed by atoms with Crippen molar-refractivity contribution in [2.45, 2.75) is 70.9 Å². The van der Waals surface area contributed by atoms with Crippen LogP contribution in [0, 0.1) is 5.92 Å². The molecule has 1 saturated carbocycles. The maximum atomic E-state index is 12.0. The lowest BCUT2D eigenvalue weighted by atomic mass is 9.82. The van der Waals surface area contributed by atoms with Crippen LogP contribution in [0.2, 0.25) is 0 Å². The summed E-state index contributed by atoms with van der Waals surface area (Å²) < 4.78 is 1.85. The summed E-state index contributed by atoms with van der Waals surface area (Å²) in [6.45, 7) is 5.21. The largest absolute Gasteiger partial charge is 0.389 e. The van der Waals surface area contributed by atoms with Crippen molar-refractivity contribution >= 4 is 11.7 Å². The molecule has 0 unspecified atom stereocenters. The van der Waals surface area contributed by atoms with Crippen LogP contribution in [0.3, 0.4) is 0 Å². The molecule has 2 N–H and O–H groups in total. The van der Waals surface area contributed by atoms with Crippen molar-refractivity contribution in [1.29, 1.82) is 0 Å². The Morgan fingerprint density at radius 1 is 1.43 bits per heavy atom. The van der Waals surface area contributed by atoms with Crippen LogP contribution in [0.4, 0.5) is 5.82 Å². The van der Waals surface area contributed by atoms with Crippen LogP contribution in [0.5, 0.6) is 0 Å². The predicted molar refractivity (Wildman–Crippen MR) is 83.0 cm³/mol. The van der Waals surface area contributed by atoms with E-state index in [4.69, 9.17) is 0 Å². The minimum atomic E-state index is -0.817. The van der Waals surface area contributed by atoms with Crippen molar-refractivity contribution in [2.75, 3.05) is 5.32 Å². The van der Waals surface area contributed by atoms with Crippen LogP contribution in [-0.4, -0.2) is 26.4 Å². The summed E-state index contributed by atoms with van der Waals surface area (Å²) in [5.41, 5.74) is -0.817. The number of rotatable bonds is 6. The monoisotopic (exact) mass is 293 g/mol. The summed E-state index contributed by atoms with van der Waals surface area (Å²) in [5, 5.41) is 17.5. The van der Waals surface area contributed by atoms with E-state index >= 15 is 0 Å². The SMILES string of the molecule is CC(C)CCn1ccc(NC(=O)CC2(O)CCCCC2)n1. The van der Waals surface area contributed by atoms with Crippen molar-refractivity contribution in [3.05, 3.63) is 12.3 Å². The van der Waals surface area contributed by atoms with Crippen LogP contribution in [0.25, 0.3) is 0 Å². The number of aliphatic hydroxyl groups is 1. The summed E-state index contributed by atoms with van der Waals surface area (Å²) >= 11 is 0. The summed E-state index contributed by atoms with van der Waals surface area (Å²) in [4.78, 5) is 12.0. The quantitative estimate of drug-likeness (QED) is 0.847. The van der Waals surface area contributed by atoms with Crippen molar-refractivity contribution in [1.82, 2.24) is 9.78 Å². The highest BCUT2D eigenvalue weighted by Gasteiger charge is 2.31. The number of nitrogens with one attached hydrogen (secondary N) is 1. The van der Waals surface area contributed by atoms with Crippen LogP contribution >= 0.6 is 0 Å². The highest BCUT2D eigenvalue weighted by molar-refractivity contribution is 5.90. The van der Waals surface area contributed by atoms with Gasteiger partial charge in [-0.3, -0.25) is 9.48 Å². The van der Waals surface area contributed by atoms with Crippen LogP contribution < -0.4 is 5.32 Å². The Labute approximate surface area is 126 Å². The Bertz CT molecular complexity index is 462. The van der Waals surface area contributed by atoms with Gasteiger partial charge >= 0.3 is 0 Å². The second-order valence-electron chi connectivity index (χ2n) is 6.66. The number of aromatic nitrogens is 2. The highest BCUT2D eigenvalue weighted by atomic mass is 16.3. The first kappa shape index (κ1) is 16.0. The molecule has 0 saturated heterocycles. The van der Waals surface area contributed by atoms with E-state index in [1.54, 1.807) is 0 Å². The summed E-state index contributed by atoms with van der Waals surface area (Å²) in [6.07, 6.45) is 7.74. The molecule has 0 radical (unpaired) electrons. The number of nitrogens with zero attached hydrogens (tertiary/aromatic N) is 2. The molecule has 1 aliphatic carbocycles. The lowest BCUT2D eigenvalue weighted by Gasteiger charge is -2.31. The molecule has 0 bridgehead atoms. The van der Waals surface area contributed by atoms with E-state index in [9.17, 15) is 9.90 Å². The molecule has 118 valence electrons. The van der Waals surface area contributed by atoms with Crippen molar-refractivity contribution in [3.8, 4) is 0 Å². The Morgan fingerprint density at radius 2 is 2.14 bits per heavy atom. The molecule has 1 aromatic heterocycles. The molecule has 0 atom stereocenters. The molecule has 0 aromatic carbocycles. The number of anilines is 1. The lowest BCUT2D eigenvalue weighted by molar-refractivity contribution is -0.122. The first-order valence-electron chi connectivity index (χ1n) is 8.02. The highest BCUT2D eigenvalue weighted by Crippen LogP contribution is 2.30. The lowest BCUT2D eigenvalue weighted by Crippen LogP contribution is -2.35. The molecule has 1 heterocycles. The molecule has 0 spiro atoms. The standard InChI is InChI=1S/C16H27N3O2/c1-13(2)6-10-19-11-7-14(18-19)17-15(20)12-16(21)8-4-3-5-9-16/h7,11,13,21H,3-6,8-10,12H2,1-2H3,(H,17,18,20). The van der Waals surface area contributed by atoms with E-state index in [0.717, 1.165) is 45.1 Å². The molecule has 5 heteroatoms. The summed E-state index contributed by atoms with van der Waals surface area (Å²) in [5.74, 6) is 1.06. The van der Waals surface area contributed by atoms with Gasteiger partial charge < -0.3 is 10.4 Å². The molecule has 2 rings (SSSR count). The molecule has 5 nitrogen and oxygen atoms in total. The first-order valence-corrected chi connectivity index (χ1v) is 8.02. The third kappa shape index (κ3) is 5.16. The van der Waals surface area contributed by atoms with E-state index in [1.807, 2.05) is 16.9 Å². The Hall–Kier alpha value is -1.36. The van der Waals surface area contributed by atoms with Gasteiger partial charge in [-0.15, -0.1) is 0 Å². The van der Waals surface area contributed by atoms with Crippen LogP contribution in [0.15, 0.2) is 12.3 Å². The topological polar surface area (TPSA) is 67.2 Å². The van der Waals surface area contributed by atoms with Crippen molar-refractivity contribution in [3.63, 3.8) is 0 Å². The van der Waals surface area contributed by atoms with Gasteiger partial charge in [0, 0.05) is 18.8 Å². The molecular formula is C16H27N3O2. The van der Waals surface area contributed by atoms with E-state index in [1.165, 1.54) is 0 Å². The summed E-state index contributed by atoms with van der Waals surface area (Å²) in [6, 6.07) is 1.81. The zero-order valence-electron chi connectivity index (χ0n) is 13.1. The maximum Gasteiger partial charge on any atom is 0.228 e. The average Bonchev–Trinajstić information content (AvgIpc) is 2.84. The van der Waals surface area contributed by atoms with E-state index in [-0.39, 0.29) is 12.3 Å². The van der Waals surface area contributed by atoms with E-state index < -0.39 is 5.60 Å². The fourth-order valence-corrected chi connectivity index (χ4v) is 2.82. The first-order chi connectivity index (χ1) is 9.97. The maximum absolute atomic E-state index is 12.0. The van der Waals surface area contributed by atoms with Gasteiger partial charge in [0.1, 0.15) is 0 Å². The van der Waals surface area contributed by atoms with Gasteiger partial charge in [0.15, 0.2) is 5.82 Å². The van der Waals surface area contributed by atoms with Crippen molar-refractivity contribution < 1.29 is 9.90 Å². The second kappa shape index (κ2) is 7.07. The normalized spacial score (nSPS) is 17.9. The molecule has 1 aromatic rings. The number of aryl methyl sites for hydroxylation is 1. The smallest absolute Gasteiger partial charge is 0.228 e. The second-order valence-corrected chi connectivity index (χ2v) is 6.66. The zero-order chi connectivity index (χ0) is 15.3.